The van der Waals surface area contributed by atoms with E-state index in [2.05, 4.69) is 35.7 Å². The molecule has 3 aromatic carbocycles. The van der Waals surface area contributed by atoms with Crippen LogP contribution in [0.15, 0.2) is 73.1 Å². The first-order valence-corrected chi connectivity index (χ1v) is 15.8. The Bertz CT molecular complexity index is 1860. The number of methoxy groups -OCH3 is 1. The van der Waals surface area contributed by atoms with Crippen LogP contribution >= 0.6 is 11.6 Å². The van der Waals surface area contributed by atoms with Gasteiger partial charge < -0.3 is 15.4 Å². The summed E-state index contributed by atoms with van der Waals surface area (Å²) in [5.74, 6) is -0.176. The third kappa shape index (κ3) is 7.88. The van der Waals surface area contributed by atoms with Crippen molar-refractivity contribution in [2.45, 2.75) is 13.0 Å². The van der Waals surface area contributed by atoms with Gasteiger partial charge in [0.05, 0.1) is 23.3 Å². The third-order valence-electron chi connectivity index (χ3n) is 8.20. The van der Waals surface area contributed by atoms with Crippen molar-refractivity contribution in [2.24, 2.45) is 0 Å². The van der Waals surface area contributed by atoms with Gasteiger partial charge in [0, 0.05) is 81.1 Å². The van der Waals surface area contributed by atoms with E-state index in [9.17, 15) is 18.8 Å². The third-order valence-corrected chi connectivity index (χ3v) is 8.49. The Kier molecular flexibility index (Phi) is 10.1. The standard InChI is InChI=1S/C34H34ClFN8O4/c1-48-30-19-28-25(33(38-21-37-28)39-23-6-9-27(36)26(35)17-23)18-29(30)40-31(45)3-2-11-42-13-15-43(16-14-42)20-22-4-7-24(8-5-22)44-12-10-32(46)41-34(44)47/h2-9,17-19,21H,10-16,20H2,1H3,(H,40,45)(H,37,38,39)(H,41,46,47)/b3-2+. The number of carbonyl (C=O) groups excluding carboxylic acids is 3. The van der Waals surface area contributed by atoms with E-state index in [-0.39, 0.29) is 22.9 Å². The van der Waals surface area contributed by atoms with Crippen molar-refractivity contribution in [3.63, 3.8) is 0 Å². The number of nitrogens with one attached hydrogen (secondary N) is 3. The van der Waals surface area contributed by atoms with Gasteiger partial charge in [-0.2, -0.15) is 0 Å². The Hall–Kier alpha value is -5.11. The van der Waals surface area contributed by atoms with E-state index >= 15 is 0 Å². The van der Waals surface area contributed by atoms with Crippen LogP contribution in [-0.2, 0) is 16.1 Å². The summed E-state index contributed by atoms with van der Waals surface area (Å²) in [7, 11) is 1.52. The lowest BCUT2D eigenvalue weighted by atomic mass is 10.1. The summed E-state index contributed by atoms with van der Waals surface area (Å²) >= 11 is 5.94. The molecule has 48 heavy (non-hydrogen) atoms. The minimum absolute atomic E-state index is 0.0176. The molecule has 0 saturated carbocycles. The number of aromatic nitrogens is 2. The molecule has 4 aromatic rings. The summed E-state index contributed by atoms with van der Waals surface area (Å²) in [4.78, 5) is 51.3. The fourth-order valence-electron chi connectivity index (χ4n) is 5.62. The summed E-state index contributed by atoms with van der Waals surface area (Å²) < 4.78 is 19.2. The summed E-state index contributed by atoms with van der Waals surface area (Å²) in [5.41, 5.74) is 3.51. The van der Waals surface area contributed by atoms with Crippen molar-refractivity contribution in [2.75, 3.05) is 61.9 Å². The minimum atomic E-state index is -0.522. The molecule has 6 rings (SSSR count). The summed E-state index contributed by atoms with van der Waals surface area (Å²) in [6.45, 7) is 5.30. The lowest BCUT2D eigenvalue weighted by molar-refractivity contribution is -0.120. The largest absolute Gasteiger partial charge is 0.494 e. The topological polar surface area (TPSA) is 132 Å². The van der Waals surface area contributed by atoms with Gasteiger partial charge in [0.2, 0.25) is 11.8 Å². The molecule has 0 unspecified atom stereocenters. The number of benzene rings is 3. The van der Waals surface area contributed by atoms with Crippen LogP contribution in [0.1, 0.15) is 12.0 Å². The van der Waals surface area contributed by atoms with Crippen LogP contribution < -0.4 is 25.6 Å². The lowest BCUT2D eigenvalue weighted by Gasteiger charge is -2.34. The Morgan fingerprint density at radius 2 is 1.79 bits per heavy atom. The van der Waals surface area contributed by atoms with Gasteiger partial charge in [0.25, 0.3) is 0 Å². The van der Waals surface area contributed by atoms with E-state index in [1.807, 2.05) is 30.3 Å². The maximum Gasteiger partial charge on any atom is 0.328 e. The highest BCUT2D eigenvalue weighted by molar-refractivity contribution is 6.31. The van der Waals surface area contributed by atoms with Crippen LogP contribution in [-0.4, -0.2) is 84.0 Å². The maximum atomic E-state index is 13.6. The van der Waals surface area contributed by atoms with E-state index in [1.165, 1.54) is 31.6 Å². The summed E-state index contributed by atoms with van der Waals surface area (Å²) in [6.07, 6.45) is 5.05. The molecule has 0 radical (unpaired) electrons. The smallest absolute Gasteiger partial charge is 0.328 e. The van der Waals surface area contributed by atoms with Crippen molar-refractivity contribution < 1.29 is 23.5 Å². The monoisotopic (exact) mass is 672 g/mol. The number of halogens is 2. The summed E-state index contributed by atoms with van der Waals surface area (Å²) in [6, 6.07) is 15.2. The highest BCUT2D eigenvalue weighted by Crippen LogP contribution is 2.33. The quantitative estimate of drug-likeness (QED) is 0.201. The van der Waals surface area contributed by atoms with Crippen LogP contribution in [0.3, 0.4) is 0 Å². The van der Waals surface area contributed by atoms with E-state index in [0.717, 1.165) is 44.0 Å². The molecule has 3 N–H and O–H groups in total. The molecule has 3 heterocycles. The number of fused-ring (bicyclic) bond motifs is 1. The molecule has 248 valence electrons. The molecule has 1 aromatic heterocycles. The van der Waals surface area contributed by atoms with Crippen molar-refractivity contribution in [3.05, 3.63) is 89.5 Å². The normalized spacial score (nSPS) is 15.9. The molecule has 2 saturated heterocycles. The van der Waals surface area contributed by atoms with Gasteiger partial charge in [-0.05, 0) is 42.0 Å². The van der Waals surface area contributed by atoms with E-state index in [4.69, 9.17) is 16.3 Å². The highest BCUT2D eigenvalue weighted by atomic mass is 35.5. The molecule has 4 amide bonds. The summed E-state index contributed by atoms with van der Waals surface area (Å²) in [5, 5.41) is 8.98. The second-order valence-corrected chi connectivity index (χ2v) is 11.8. The molecule has 0 aliphatic carbocycles. The van der Waals surface area contributed by atoms with Crippen LogP contribution in [0.4, 0.5) is 32.1 Å². The van der Waals surface area contributed by atoms with Crippen molar-refractivity contribution >= 4 is 63.2 Å². The molecule has 12 nitrogen and oxygen atoms in total. The lowest BCUT2D eigenvalue weighted by Crippen LogP contribution is -2.49. The number of anilines is 4. The minimum Gasteiger partial charge on any atom is -0.494 e. The molecular formula is C34H34ClFN8O4. The number of nitrogens with zero attached hydrogens (tertiary/aromatic N) is 5. The second-order valence-electron chi connectivity index (χ2n) is 11.4. The fraction of sp³-hybridized carbons (Fsp3) is 0.265. The zero-order valence-corrected chi connectivity index (χ0v) is 27.0. The molecule has 0 atom stereocenters. The number of ether oxygens (including phenoxy) is 1. The number of amides is 4. The molecule has 2 fully saturated rings. The first kappa shape index (κ1) is 32.8. The van der Waals surface area contributed by atoms with Gasteiger partial charge in [0.15, 0.2) is 0 Å². The number of piperazine rings is 1. The number of hydrogen-bond donors (Lipinski definition) is 3. The number of carbonyl (C=O) groups is 3. The van der Waals surface area contributed by atoms with Gasteiger partial charge in [-0.1, -0.05) is 29.8 Å². The van der Waals surface area contributed by atoms with E-state index in [1.54, 1.807) is 23.1 Å². The average molecular weight is 673 g/mol. The molecule has 0 bridgehead atoms. The first-order chi connectivity index (χ1) is 23.2. The van der Waals surface area contributed by atoms with Gasteiger partial charge >= 0.3 is 6.03 Å². The number of rotatable bonds is 10. The van der Waals surface area contributed by atoms with Gasteiger partial charge in [0.1, 0.15) is 23.7 Å². The van der Waals surface area contributed by atoms with Crippen LogP contribution in [0.2, 0.25) is 5.02 Å². The number of hydrogen-bond acceptors (Lipinski definition) is 9. The van der Waals surface area contributed by atoms with Gasteiger partial charge in [-0.25, -0.2) is 19.2 Å². The number of urea groups is 1. The van der Waals surface area contributed by atoms with Crippen molar-refractivity contribution in [1.29, 1.82) is 0 Å². The average Bonchev–Trinajstić information content (AvgIpc) is 3.08. The first-order valence-electron chi connectivity index (χ1n) is 15.4. The molecule has 14 heteroatoms. The Balaban J connectivity index is 1.00. The van der Waals surface area contributed by atoms with Gasteiger partial charge in [-0.3, -0.25) is 29.6 Å². The molecule has 2 aliphatic rings. The molecule has 2 aliphatic heterocycles. The molecular weight excluding hydrogens is 639 g/mol. The number of imide groups is 1. The van der Waals surface area contributed by atoms with Gasteiger partial charge in [-0.15, -0.1) is 0 Å². The van der Waals surface area contributed by atoms with Crippen LogP contribution in [0.5, 0.6) is 5.75 Å². The zero-order chi connectivity index (χ0) is 33.6. The predicted octanol–water partition coefficient (Wildman–Crippen LogP) is 4.93. The zero-order valence-electron chi connectivity index (χ0n) is 26.2. The van der Waals surface area contributed by atoms with E-state index in [0.29, 0.717) is 53.4 Å². The SMILES string of the molecule is COc1cc2ncnc(Nc3ccc(F)c(Cl)c3)c2cc1NC(=O)/C=C/CN1CCN(Cc2ccc(N3CCC(=O)NC3=O)cc2)CC1. The Morgan fingerprint density at radius 3 is 2.52 bits per heavy atom. The van der Waals surface area contributed by atoms with Crippen LogP contribution in [0, 0.1) is 5.82 Å². The second kappa shape index (κ2) is 14.8. The highest BCUT2D eigenvalue weighted by Gasteiger charge is 2.24. The van der Waals surface area contributed by atoms with Crippen LogP contribution in [0.25, 0.3) is 10.9 Å². The van der Waals surface area contributed by atoms with Crippen molar-refractivity contribution in [3.8, 4) is 5.75 Å². The Labute approximate surface area is 281 Å². The Morgan fingerprint density at radius 1 is 1.02 bits per heavy atom. The van der Waals surface area contributed by atoms with E-state index < -0.39 is 5.82 Å². The fourth-order valence-corrected chi connectivity index (χ4v) is 5.80. The maximum absolute atomic E-state index is 13.6. The van der Waals surface area contributed by atoms with Crippen molar-refractivity contribution in [1.82, 2.24) is 25.1 Å². The molecule has 0 spiro atoms. The predicted molar refractivity (Wildman–Crippen MR) is 182 cm³/mol.